The molecule has 0 spiro atoms. The normalized spacial score (nSPS) is 24.7. The van der Waals surface area contributed by atoms with Gasteiger partial charge in [0.25, 0.3) is 0 Å². The van der Waals surface area contributed by atoms with Crippen molar-refractivity contribution in [1.82, 2.24) is 4.98 Å². The summed E-state index contributed by atoms with van der Waals surface area (Å²) in [4.78, 5) is 17.3. The average Bonchev–Trinajstić information content (AvgIpc) is 2.33. The summed E-state index contributed by atoms with van der Waals surface area (Å²) in [5.41, 5.74) is 0.118. The molecule has 0 aliphatic carbocycles. The van der Waals surface area contributed by atoms with E-state index < -0.39 is 5.97 Å². The monoisotopic (exact) mass is 234 g/mol. The molecule has 1 saturated heterocycles. The predicted molar refractivity (Wildman–Crippen MR) is 66.4 cm³/mol. The van der Waals surface area contributed by atoms with Crippen molar-refractivity contribution in [3.8, 4) is 0 Å². The Hall–Kier alpha value is -1.58. The molecule has 4 heteroatoms. The van der Waals surface area contributed by atoms with E-state index in [1.54, 1.807) is 6.07 Å². The highest BCUT2D eigenvalue weighted by molar-refractivity contribution is 5.85. The molecule has 0 aromatic carbocycles. The highest BCUT2D eigenvalue weighted by atomic mass is 16.4. The molecule has 0 bridgehead atoms. The van der Waals surface area contributed by atoms with E-state index in [2.05, 4.69) is 23.7 Å². The van der Waals surface area contributed by atoms with E-state index in [-0.39, 0.29) is 5.69 Å². The number of hydrogen-bond donors (Lipinski definition) is 1. The van der Waals surface area contributed by atoms with E-state index in [4.69, 9.17) is 5.11 Å². The van der Waals surface area contributed by atoms with Gasteiger partial charge in [0.05, 0.1) is 0 Å². The number of pyridine rings is 1. The summed E-state index contributed by atoms with van der Waals surface area (Å²) < 4.78 is 0. The van der Waals surface area contributed by atoms with E-state index in [1.807, 2.05) is 6.07 Å². The first-order valence-electron chi connectivity index (χ1n) is 6.06. The molecular weight excluding hydrogens is 216 g/mol. The van der Waals surface area contributed by atoms with Gasteiger partial charge in [-0.1, -0.05) is 13.0 Å². The SMILES string of the molecule is CC1CCCN(c2cccc(C(=O)O)n2)C1C. The molecule has 1 fully saturated rings. The van der Waals surface area contributed by atoms with Crippen LogP contribution >= 0.6 is 0 Å². The van der Waals surface area contributed by atoms with Gasteiger partial charge in [-0.05, 0) is 37.8 Å². The van der Waals surface area contributed by atoms with E-state index in [0.29, 0.717) is 12.0 Å². The molecule has 2 unspecified atom stereocenters. The molecule has 4 nitrogen and oxygen atoms in total. The third-order valence-electron chi connectivity index (χ3n) is 3.62. The molecule has 2 rings (SSSR count). The molecule has 0 amide bonds. The van der Waals surface area contributed by atoms with Gasteiger partial charge in [0.1, 0.15) is 5.82 Å². The van der Waals surface area contributed by atoms with E-state index >= 15 is 0 Å². The van der Waals surface area contributed by atoms with E-state index in [0.717, 1.165) is 18.8 Å². The number of hydrogen-bond acceptors (Lipinski definition) is 3. The zero-order chi connectivity index (χ0) is 12.4. The van der Waals surface area contributed by atoms with Crippen molar-refractivity contribution < 1.29 is 9.90 Å². The minimum Gasteiger partial charge on any atom is -0.477 e. The topological polar surface area (TPSA) is 53.4 Å². The van der Waals surface area contributed by atoms with Gasteiger partial charge in [-0.25, -0.2) is 9.78 Å². The highest BCUT2D eigenvalue weighted by Gasteiger charge is 2.25. The Kier molecular flexibility index (Phi) is 3.31. The zero-order valence-electron chi connectivity index (χ0n) is 10.3. The Morgan fingerprint density at radius 2 is 2.24 bits per heavy atom. The lowest BCUT2D eigenvalue weighted by molar-refractivity contribution is 0.0690. The van der Waals surface area contributed by atoms with Crippen molar-refractivity contribution in [3.05, 3.63) is 23.9 Å². The Balaban J connectivity index is 2.26. The molecule has 1 aliphatic heterocycles. The predicted octanol–water partition coefficient (Wildman–Crippen LogP) is 2.40. The smallest absolute Gasteiger partial charge is 0.354 e. The maximum absolute atomic E-state index is 10.9. The molecule has 92 valence electrons. The van der Waals surface area contributed by atoms with Crippen molar-refractivity contribution in [2.45, 2.75) is 32.7 Å². The molecule has 1 N–H and O–H groups in total. The lowest BCUT2D eigenvalue weighted by Gasteiger charge is -2.38. The standard InChI is InChI=1S/C13H18N2O2/c1-9-5-4-8-15(10(9)2)12-7-3-6-11(14-12)13(16)17/h3,6-7,9-10H,4-5,8H2,1-2H3,(H,16,17). The second-order valence-corrected chi connectivity index (χ2v) is 4.74. The largest absolute Gasteiger partial charge is 0.477 e. The fourth-order valence-electron chi connectivity index (χ4n) is 2.36. The molecule has 1 aromatic heterocycles. The minimum absolute atomic E-state index is 0.118. The van der Waals surface area contributed by atoms with Crippen molar-refractivity contribution >= 4 is 11.8 Å². The Labute approximate surface area is 101 Å². The summed E-state index contributed by atoms with van der Waals surface area (Å²) in [6, 6.07) is 5.60. The fourth-order valence-corrected chi connectivity index (χ4v) is 2.36. The van der Waals surface area contributed by atoms with Crippen LogP contribution in [0.1, 0.15) is 37.2 Å². The van der Waals surface area contributed by atoms with Gasteiger partial charge in [0.2, 0.25) is 0 Å². The van der Waals surface area contributed by atoms with Crippen molar-refractivity contribution in [2.24, 2.45) is 5.92 Å². The van der Waals surface area contributed by atoms with Gasteiger partial charge in [0, 0.05) is 12.6 Å². The van der Waals surface area contributed by atoms with Crippen LogP contribution in [0.2, 0.25) is 0 Å². The van der Waals surface area contributed by atoms with Gasteiger partial charge >= 0.3 is 5.97 Å². The number of anilines is 1. The summed E-state index contributed by atoms with van der Waals surface area (Å²) in [7, 11) is 0. The number of rotatable bonds is 2. The molecule has 1 aliphatic rings. The van der Waals surface area contributed by atoms with Gasteiger partial charge in [-0.2, -0.15) is 0 Å². The van der Waals surface area contributed by atoms with E-state index in [9.17, 15) is 4.79 Å². The third-order valence-corrected chi connectivity index (χ3v) is 3.62. The number of carboxylic acids is 1. The molecule has 1 aromatic rings. The van der Waals surface area contributed by atoms with Crippen LogP contribution in [0.4, 0.5) is 5.82 Å². The van der Waals surface area contributed by atoms with Crippen molar-refractivity contribution in [3.63, 3.8) is 0 Å². The zero-order valence-corrected chi connectivity index (χ0v) is 10.3. The number of carboxylic acid groups (broad SMARTS) is 1. The Morgan fingerprint density at radius 3 is 2.94 bits per heavy atom. The van der Waals surface area contributed by atoms with Crippen LogP contribution in [0.3, 0.4) is 0 Å². The lowest BCUT2D eigenvalue weighted by atomic mass is 9.92. The fraction of sp³-hybridized carbons (Fsp3) is 0.538. The molecule has 0 saturated carbocycles. The second-order valence-electron chi connectivity index (χ2n) is 4.74. The molecule has 0 radical (unpaired) electrons. The summed E-state index contributed by atoms with van der Waals surface area (Å²) in [5, 5.41) is 8.94. The van der Waals surface area contributed by atoms with Gasteiger partial charge < -0.3 is 10.0 Å². The summed E-state index contributed by atoms with van der Waals surface area (Å²) in [6.45, 7) is 5.37. The minimum atomic E-state index is -0.968. The van der Waals surface area contributed by atoms with E-state index in [1.165, 1.54) is 12.5 Å². The number of aromatic carboxylic acids is 1. The maximum Gasteiger partial charge on any atom is 0.354 e. The second kappa shape index (κ2) is 4.73. The number of aromatic nitrogens is 1. The van der Waals surface area contributed by atoms with Crippen LogP contribution in [0, 0.1) is 5.92 Å². The van der Waals surface area contributed by atoms with Crippen LogP contribution < -0.4 is 4.90 Å². The first-order chi connectivity index (χ1) is 8.09. The molecule has 2 atom stereocenters. The molecule has 2 heterocycles. The number of nitrogens with zero attached hydrogens (tertiary/aromatic N) is 2. The Morgan fingerprint density at radius 1 is 1.47 bits per heavy atom. The lowest BCUT2D eigenvalue weighted by Crippen LogP contribution is -2.43. The average molecular weight is 234 g/mol. The quantitative estimate of drug-likeness (QED) is 0.853. The Bertz CT molecular complexity index is 420. The highest BCUT2D eigenvalue weighted by Crippen LogP contribution is 2.27. The molecular formula is C13H18N2O2. The number of carbonyl (C=O) groups is 1. The third kappa shape index (κ3) is 2.40. The first-order valence-corrected chi connectivity index (χ1v) is 6.06. The first kappa shape index (κ1) is 11.9. The van der Waals surface area contributed by atoms with Crippen LogP contribution in [0.5, 0.6) is 0 Å². The summed E-state index contributed by atoms with van der Waals surface area (Å²) in [5.74, 6) is 0.438. The number of piperidine rings is 1. The van der Waals surface area contributed by atoms with Crippen LogP contribution in [0.25, 0.3) is 0 Å². The van der Waals surface area contributed by atoms with Crippen molar-refractivity contribution in [1.29, 1.82) is 0 Å². The van der Waals surface area contributed by atoms with Crippen LogP contribution in [-0.2, 0) is 0 Å². The van der Waals surface area contributed by atoms with Gasteiger partial charge in [-0.15, -0.1) is 0 Å². The van der Waals surface area contributed by atoms with Crippen LogP contribution in [0.15, 0.2) is 18.2 Å². The molecule has 17 heavy (non-hydrogen) atoms. The summed E-state index contributed by atoms with van der Waals surface area (Å²) >= 11 is 0. The van der Waals surface area contributed by atoms with Crippen molar-refractivity contribution in [2.75, 3.05) is 11.4 Å². The van der Waals surface area contributed by atoms with Gasteiger partial charge in [-0.3, -0.25) is 0 Å². The maximum atomic E-state index is 10.9. The summed E-state index contributed by atoms with van der Waals surface area (Å²) in [6.07, 6.45) is 2.38. The van der Waals surface area contributed by atoms with Crippen LogP contribution in [-0.4, -0.2) is 28.6 Å². The van der Waals surface area contributed by atoms with Gasteiger partial charge in [0.15, 0.2) is 5.69 Å².